The number of aromatic amines is 1. The lowest BCUT2D eigenvalue weighted by molar-refractivity contribution is 0.102. The second-order valence-electron chi connectivity index (χ2n) is 6.27. The van der Waals surface area contributed by atoms with Crippen LogP contribution in [0.15, 0.2) is 24.0 Å². The molecule has 26 heavy (non-hydrogen) atoms. The molecule has 1 atom stereocenters. The Labute approximate surface area is 151 Å². The Hall–Kier alpha value is -2.62. The highest BCUT2D eigenvalue weighted by Crippen LogP contribution is 2.40. The average Bonchev–Trinajstić information content (AvgIpc) is 3.05. The quantitative estimate of drug-likeness (QED) is 0.681. The van der Waals surface area contributed by atoms with E-state index in [1.165, 1.54) is 22.2 Å². The van der Waals surface area contributed by atoms with Crippen molar-refractivity contribution in [1.29, 1.82) is 0 Å². The number of hydrogen-bond donors (Lipinski definition) is 2. The van der Waals surface area contributed by atoms with Crippen LogP contribution in [0, 0.1) is 5.92 Å². The Balaban J connectivity index is 1.55. The number of H-pyrrole nitrogens is 1. The van der Waals surface area contributed by atoms with E-state index in [1.807, 2.05) is 6.92 Å². The monoisotopic (exact) mass is 378 g/mol. The van der Waals surface area contributed by atoms with Crippen molar-refractivity contribution >= 4 is 22.9 Å². The number of nitrogens with one attached hydrogen (secondary N) is 2. The highest BCUT2D eigenvalue weighted by atomic mass is 32.1. The molecular weight excluding hydrogens is 362 g/mol. The average molecular weight is 378 g/mol. The molecule has 10 heteroatoms. The standard InChI is InChI=1S/C16H16F2N6OS/c1-8(9-2-3-9)24-6-11(13(23-24)14(17)18)21-15(25)12-7-26-16(22-12)10-4-19-20-5-10/h4-9,14H,2-3H2,1H3,(H,19,20)(H,21,25). The summed E-state index contributed by atoms with van der Waals surface area (Å²) in [5.41, 5.74) is 0.523. The van der Waals surface area contributed by atoms with E-state index in [0.717, 1.165) is 18.4 Å². The van der Waals surface area contributed by atoms with Gasteiger partial charge in [-0.05, 0) is 25.7 Å². The van der Waals surface area contributed by atoms with Crippen molar-refractivity contribution in [3.8, 4) is 10.6 Å². The number of halogens is 2. The zero-order valence-corrected chi connectivity index (χ0v) is 14.6. The van der Waals surface area contributed by atoms with Gasteiger partial charge in [-0.2, -0.15) is 10.2 Å². The summed E-state index contributed by atoms with van der Waals surface area (Å²) < 4.78 is 28.1. The number of hydrogen-bond acceptors (Lipinski definition) is 5. The zero-order chi connectivity index (χ0) is 18.3. The van der Waals surface area contributed by atoms with Gasteiger partial charge < -0.3 is 5.32 Å². The van der Waals surface area contributed by atoms with Crippen molar-refractivity contribution in [3.05, 3.63) is 35.4 Å². The van der Waals surface area contributed by atoms with Gasteiger partial charge in [0.25, 0.3) is 12.3 Å². The molecule has 1 aliphatic carbocycles. The van der Waals surface area contributed by atoms with Gasteiger partial charge in [0.1, 0.15) is 10.7 Å². The summed E-state index contributed by atoms with van der Waals surface area (Å²) in [6, 6.07) is 0.0325. The smallest absolute Gasteiger partial charge is 0.284 e. The molecule has 0 aliphatic heterocycles. The number of carbonyl (C=O) groups excluding carboxylic acids is 1. The topological polar surface area (TPSA) is 88.5 Å². The summed E-state index contributed by atoms with van der Waals surface area (Å²) >= 11 is 1.28. The predicted octanol–water partition coefficient (Wildman–Crippen LogP) is 3.89. The van der Waals surface area contributed by atoms with Crippen LogP contribution in [0.1, 0.15) is 48.4 Å². The van der Waals surface area contributed by atoms with Gasteiger partial charge >= 0.3 is 0 Å². The molecule has 2 N–H and O–H groups in total. The number of carbonyl (C=O) groups is 1. The molecule has 0 saturated heterocycles. The fraction of sp³-hybridized carbons (Fsp3) is 0.375. The lowest BCUT2D eigenvalue weighted by atomic mass is 10.2. The summed E-state index contributed by atoms with van der Waals surface area (Å²) in [5, 5.41) is 15.2. The molecule has 1 unspecified atom stereocenters. The van der Waals surface area contributed by atoms with Gasteiger partial charge in [0, 0.05) is 23.3 Å². The first-order valence-electron chi connectivity index (χ1n) is 8.16. The van der Waals surface area contributed by atoms with Crippen LogP contribution < -0.4 is 5.32 Å². The Morgan fingerprint density at radius 3 is 2.92 bits per heavy atom. The first-order chi connectivity index (χ1) is 12.5. The van der Waals surface area contributed by atoms with E-state index in [4.69, 9.17) is 0 Å². The van der Waals surface area contributed by atoms with Crippen molar-refractivity contribution < 1.29 is 13.6 Å². The van der Waals surface area contributed by atoms with Gasteiger partial charge in [0.2, 0.25) is 0 Å². The lowest BCUT2D eigenvalue weighted by Crippen LogP contribution is -2.13. The number of alkyl halides is 2. The van der Waals surface area contributed by atoms with Crippen LogP contribution in [0.5, 0.6) is 0 Å². The number of nitrogens with zero attached hydrogens (tertiary/aromatic N) is 4. The molecule has 0 aromatic carbocycles. The third-order valence-electron chi connectivity index (χ3n) is 4.42. The van der Waals surface area contributed by atoms with Gasteiger partial charge in [-0.25, -0.2) is 13.8 Å². The molecule has 3 aromatic heterocycles. The van der Waals surface area contributed by atoms with Gasteiger partial charge in [-0.1, -0.05) is 0 Å². The molecule has 4 rings (SSSR count). The van der Waals surface area contributed by atoms with E-state index in [9.17, 15) is 13.6 Å². The Morgan fingerprint density at radius 2 is 2.27 bits per heavy atom. The van der Waals surface area contributed by atoms with Crippen LogP contribution in [0.25, 0.3) is 10.6 Å². The van der Waals surface area contributed by atoms with E-state index >= 15 is 0 Å². The summed E-state index contributed by atoms with van der Waals surface area (Å²) in [6.07, 6.45) is 4.11. The molecule has 0 radical (unpaired) electrons. The van der Waals surface area contributed by atoms with Gasteiger partial charge in [-0.3, -0.25) is 14.6 Å². The van der Waals surface area contributed by atoms with Crippen LogP contribution in [0.2, 0.25) is 0 Å². The van der Waals surface area contributed by atoms with Gasteiger partial charge in [-0.15, -0.1) is 11.3 Å². The van der Waals surface area contributed by atoms with Crippen molar-refractivity contribution in [1.82, 2.24) is 25.0 Å². The number of aromatic nitrogens is 5. The van der Waals surface area contributed by atoms with Crippen molar-refractivity contribution in [2.45, 2.75) is 32.2 Å². The van der Waals surface area contributed by atoms with Crippen molar-refractivity contribution in [2.75, 3.05) is 5.32 Å². The van der Waals surface area contributed by atoms with E-state index in [0.29, 0.717) is 10.9 Å². The minimum Gasteiger partial charge on any atom is -0.317 e. The third kappa shape index (κ3) is 3.24. The summed E-state index contributed by atoms with van der Waals surface area (Å²) in [4.78, 5) is 16.7. The molecule has 0 bridgehead atoms. The molecule has 1 saturated carbocycles. The van der Waals surface area contributed by atoms with Crippen LogP contribution in [-0.4, -0.2) is 30.9 Å². The molecule has 7 nitrogen and oxygen atoms in total. The molecule has 1 fully saturated rings. The first kappa shape index (κ1) is 16.8. The lowest BCUT2D eigenvalue weighted by Gasteiger charge is -2.09. The molecule has 136 valence electrons. The number of amides is 1. The largest absolute Gasteiger partial charge is 0.317 e. The number of thiazole rings is 1. The zero-order valence-electron chi connectivity index (χ0n) is 13.8. The van der Waals surface area contributed by atoms with Crippen molar-refractivity contribution in [3.63, 3.8) is 0 Å². The fourth-order valence-corrected chi connectivity index (χ4v) is 3.51. The summed E-state index contributed by atoms with van der Waals surface area (Å²) in [7, 11) is 0. The molecule has 1 aliphatic rings. The molecule has 1 amide bonds. The summed E-state index contributed by atoms with van der Waals surface area (Å²) in [6.45, 7) is 1.95. The van der Waals surface area contributed by atoms with E-state index < -0.39 is 18.0 Å². The minimum atomic E-state index is -2.77. The maximum absolute atomic E-state index is 13.3. The van der Waals surface area contributed by atoms with Crippen LogP contribution in [-0.2, 0) is 0 Å². The summed E-state index contributed by atoms with van der Waals surface area (Å²) in [5.74, 6) is -0.0865. The highest BCUT2D eigenvalue weighted by Gasteiger charge is 2.31. The maximum Gasteiger partial charge on any atom is 0.284 e. The Morgan fingerprint density at radius 1 is 1.46 bits per heavy atom. The van der Waals surface area contributed by atoms with Crippen LogP contribution in [0.3, 0.4) is 0 Å². The maximum atomic E-state index is 13.3. The van der Waals surface area contributed by atoms with Crippen LogP contribution >= 0.6 is 11.3 Å². The van der Waals surface area contributed by atoms with E-state index in [1.54, 1.807) is 17.8 Å². The number of rotatable bonds is 6. The minimum absolute atomic E-state index is 0.0235. The molecular formula is C16H16F2N6OS. The SMILES string of the molecule is CC(C1CC1)n1cc(NC(=O)c2csc(-c3cn[nH]c3)n2)c(C(F)F)n1. The van der Waals surface area contributed by atoms with E-state index in [-0.39, 0.29) is 17.4 Å². The van der Waals surface area contributed by atoms with Crippen LogP contribution in [0.4, 0.5) is 14.5 Å². The molecule has 0 spiro atoms. The molecule has 3 aromatic rings. The fourth-order valence-electron chi connectivity index (χ4n) is 2.73. The third-order valence-corrected chi connectivity index (χ3v) is 5.31. The highest BCUT2D eigenvalue weighted by molar-refractivity contribution is 7.13. The predicted molar refractivity (Wildman–Crippen MR) is 92.3 cm³/mol. The van der Waals surface area contributed by atoms with E-state index in [2.05, 4.69) is 25.6 Å². The van der Waals surface area contributed by atoms with Gasteiger partial charge in [0.15, 0.2) is 5.69 Å². The normalized spacial score (nSPS) is 15.4. The van der Waals surface area contributed by atoms with Crippen molar-refractivity contribution in [2.24, 2.45) is 5.92 Å². The Kier molecular flexibility index (Phi) is 4.27. The molecule has 3 heterocycles. The number of anilines is 1. The Bertz CT molecular complexity index is 915. The van der Waals surface area contributed by atoms with Gasteiger partial charge in [0.05, 0.1) is 17.9 Å². The second kappa shape index (κ2) is 6.60. The second-order valence-corrected chi connectivity index (χ2v) is 7.12. The first-order valence-corrected chi connectivity index (χ1v) is 9.04.